The van der Waals surface area contributed by atoms with Gasteiger partial charge in [-0.25, -0.2) is 4.57 Å². The van der Waals surface area contributed by atoms with E-state index in [2.05, 4.69) is 0 Å². The maximum Gasteiger partial charge on any atom is 0.475 e. The van der Waals surface area contributed by atoms with E-state index in [1.165, 1.54) is 0 Å². The van der Waals surface area contributed by atoms with Crippen molar-refractivity contribution in [2.24, 2.45) is 5.41 Å². The molecule has 0 bridgehead atoms. The third-order valence-electron chi connectivity index (χ3n) is 2.72. The second kappa shape index (κ2) is 10.5. The molecule has 7 nitrogen and oxygen atoms in total. The molecule has 0 aromatic heterocycles. The minimum atomic E-state index is -3.92. The Balaban J connectivity index is 5.78. The van der Waals surface area contributed by atoms with Crippen molar-refractivity contribution >= 4 is 27.0 Å². The number of halogens is 1. The van der Waals surface area contributed by atoms with Crippen LogP contribution in [0, 0.1) is 5.41 Å². The van der Waals surface area contributed by atoms with Crippen molar-refractivity contribution in [3.8, 4) is 0 Å². The topological polar surface area (TPSA) is 80.3 Å². The van der Waals surface area contributed by atoms with E-state index in [0.29, 0.717) is 0 Å². The molecule has 0 aliphatic heterocycles. The normalized spacial score (nSPS) is 14.9. The van der Waals surface area contributed by atoms with Gasteiger partial charge >= 0.3 is 15.4 Å². The number of hydrogen-bond acceptors (Lipinski definition) is 7. The zero-order valence-corrected chi connectivity index (χ0v) is 17.3. The van der Waals surface area contributed by atoms with Crippen LogP contribution in [0.5, 0.6) is 0 Å². The maximum atomic E-state index is 13.1. The molecule has 1 unspecified atom stereocenters. The van der Waals surface area contributed by atoms with Gasteiger partial charge in [0.1, 0.15) is 0 Å². The van der Waals surface area contributed by atoms with Crippen LogP contribution in [0.4, 0.5) is 0 Å². The van der Waals surface area contributed by atoms with Crippen molar-refractivity contribution < 1.29 is 31.7 Å². The Morgan fingerprint density at radius 1 is 0.870 bits per heavy atom. The summed E-state index contributed by atoms with van der Waals surface area (Å²) >= 11 is 5.99. The molecule has 0 heterocycles. The highest BCUT2D eigenvalue weighted by Gasteiger charge is 2.51. The predicted molar refractivity (Wildman–Crippen MR) is 91.1 cm³/mol. The Morgan fingerprint density at radius 2 is 1.26 bits per heavy atom. The molecule has 1 atom stereocenters. The van der Waals surface area contributed by atoms with Crippen LogP contribution in [-0.2, 0) is 31.7 Å². The first kappa shape index (κ1) is 23.5. The molecule has 0 aromatic carbocycles. The molecule has 0 saturated carbocycles. The molecule has 0 saturated heterocycles. The monoisotopic (exact) mass is 394 g/mol. The third-order valence-corrected chi connectivity index (χ3v) is 7.81. The number of phosphoric ester groups is 1. The number of alkyl halides is 1. The standard InChI is InChI=1S/C13H29ClO7P2/c1-7-17-22(15,18-8-2)12(13(5,6)11-14)21-23(16,19-9-3)20-10-4/h12H,7-11H2,1-6H3. The minimum Gasteiger partial charge on any atom is -0.307 e. The van der Waals surface area contributed by atoms with Crippen LogP contribution < -0.4 is 0 Å². The fourth-order valence-electron chi connectivity index (χ4n) is 1.76. The van der Waals surface area contributed by atoms with Gasteiger partial charge in [0, 0.05) is 11.3 Å². The molecule has 0 aliphatic rings. The zero-order chi connectivity index (χ0) is 18.1. The van der Waals surface area contributed by atoms with Gasteiger partial charge in [0.2, 0.25) is 0 Å². The molecule has 0 aromatic rings. The average Bonchev–Trinajstić information content (AvgIpc) is 2.46. The lowest BCUT2D eigenvalue weighted by molar-refractivity contribution is 0.0477. The van der Waals surface area contributed by atoms with Crippen LogP contribution >= 0.6 is 27.0 Å². The molecule has 0 fully saturated rings. The van der Waals surface area contributed by atoms with Crippen molar-refractivity contribution in [3.05, 3.63) is 0 Å². The summed E-state index contributed by atoms with van der Waals surface area (Å²) in [6.45, 7) is 10.6. The van der Waals surface area contributed by atoms with Gasteiger partial charge in [-0.1, -0.05) is 13.8 Å². The van der Waals surface area contributed by atoms with Crippen LogP contribution in [0.2, 0.25) is 0 Å². The van der Waals surface area contributed by atoms with Crippen LogP contribution in [0.3, 0.4) is 0 Å². The predicted octanol–water partition coefficient (Wildman–Crippen LogP) is 5.04. The minimum absolute atomic E-state index is 0.0834. The highest BCUT2D eigenvalue weighted by Crippen LogP contribution is 2.65. The Bertz CT molecular complexity index is 411. The van der Waals surface area contributed by atoms with Gasteiger partial charge in [0.05, 0.1) is 26.4 Å². The van der Waals surface area contributed by atoms with E-state index >= 15 is 0 Å². The Labute approximate surface area is 144 Å². The summed E-state index contributed by atoms with van der Waals surface area (Å²) < 4.78 is 52.3. The molecule has 0 N–H and O–H groups in total. The highest BCUT2D eigenvalue weighted by atomic mass is 35.5. The molecular formula is C13H29ClO7P2. The van der Waals surface area contributed by atoms with Crippen LogP contribution in [0.1, 0.15) is 41.5 Å². The molecule has 10 heteroatoms. The van der Waals surface area contributed by atoms with Crippen LogP contribution in [0.25, 0.3) is 0 Å². The van der Waals surface area contributed by atoms with E-state index in [1.807, 2.05) is 0 Å². The zero-order valence-electron chi connectivity index (χ0n) is 14.7. The molecule has 23 heavy (non-hydrogen) atoms. The SMILES string of the molecule is CCOP(=O)(OCC)OC(C(C)(C)CCl)P(=O)(OCC)OCC. The second-order valence-electron chi connectivity index (χ2n) is 5.24. The molecular weight excluding hydrogens is 366 g/mol. The molecule has 0 amide bonds. The first-order valence-electron chi connectivity index (χ1n) is 7.66. The average molecular weight is 395 g/mol. The van der Waals surface area contributed by atoms with Crippen molar-refractivity contribution in [3.63, 3.8) is 0 Å². The molecule has 0 aliphatic carbocycles. The smallest absolute Gasteiger partial charge is 0.307 e. The van der Waals surface area contributed by atoms with Gasteiger partial charge < -0.3 is 9.05 Å². The number of rotatable bonds is 13. The largest absolute Gasteiger partial charge is 0.475 e. The second-order valence-corrected chi connectivity index (χ2v) is 9.19. The fourth-order valence-corrected chi connectivity index (χ4v) is 6.19. The molecule has 0 spiro atoms. The Kier molecular flexibility index (Phi) is 10.8. The van der Waals surface area contributed by atoms with E-state index in [1.54, 1.807) is 41.5 Å². The molecule has 0 radical (unpaired) electrons. The van der Waals surface area contributed by atoms with E-state index in [9.17, 15) is 9.13 Å². The van der Waals surface area contributed by atoms with E-state index in [-0.39, 0.29) is 32.3 Å². The highest BCUT2D eigenvalue weighted by molar-refractivity contribution is 7.56. The van der Waals surface area contributed by atoms with Gasteiger partial charge in [-0.15, -0.1) is 11.6 Å². The Hall–Kier alpha value is 0.550. The summed E-state index contributed by atoms with van der Waals surface area (Å²) in [6, 6.07) is 0. The summed E-state index contributed by atoms with van der Waals surface area (Å²) in [5, 5.41) is 0. The fraction of sp³-hybridized carbons (Fsp3) is 1.00. The summed E-state index contributed by atoms with van der Waals surface area (Å²) in [7, 11) is -7.67. The number of phosphoric acid groups is 1. The van der Waals surface area contributed by atoms with Crippen molar-refractivity contribution in [1.82, 2.24) is 0 Å². The quantitative estimate of drug-likeness (QED) is 0.319. The maximum absolute atomic E-state index is 13.1. The lowest BCUT2D eigenvalue weighted by Crippen LogP contribution is -2.34. The lowest BCUT2D eigenvalue weighted by Gasteiger charge is -2.37. The van der Waals surface area contributed by atoms with Crippen molar-refractivity contribution in [2.45, 2.75) is 47.4 Å². The first-order valence-corrected chi connectivity index (χ1v) is 11.3. The van der Waals surface area contributed by atoms with E-state index < -0.39 is 26.7 Å². The van der Waals surface area contributed by atoms with Crippen LogP contribution in [0.15, 0.2) is 0 Å². The van der Waals surface area contributed by atoms with Gasteiger partial charge in [0.15, 0.2) is 5.85 Å². The summed E-state index contributed by atoms with van der Waals surface area (Å²) in [5.41, 5.74) is -0.856. The molecule has 140 valence electrons. The van der Waals surface area contributed by atoms with Gasteiger partial charge in [0.25, 0.3) is 0 Å². The van der Waals surface area contributed by atoms with Gasteiger partial charge in [-0.2, -0.15) is 0 Å². The van der Waals surface area contributed by atoms with Gasteiger partial charge in [-0.3, -0.25) is 18.1 Å². The third kappa shape index (κ3) is 7.13. The number of hydrogen-bond donors (Lipinski definition) is 0. The molecule has 0 rings (SSSR count). The van der Waals surface area contributed by atoms with Crippen molar-refractivity contribution in [1.29, 1.82) is 0 Å². The van der Waals surface area contributed by atoms with Crippen molar-refractivity contribution in [2.75, 3.05) is 32.3 Å². The summed E-state index contributed by atoms with van der Waals surface area (Å²) in [5.74, 6) is -1.11. The first-order chi connectivity index (χ1) is 10.6. The van der Waals surface area contributed by atoms with E-state index in [4.69, 9.17) is 34.2 Å². The Morgan fingerprint density at radius 3 is 1.57 bits per heavy atom. The van der Waals surface area contributed by atoms with Gasteiger partial charge in [-0.05, 0) is 27.7 Å². The summed E-state index contributed by atoms with van der Waals surface area (Å²) in [6.07, 6.45) is 0. The van der Waals surface area contributed by atoms with E-state index in [0.717, 1.165) is 0 Å². The summed E-state index contributed by atoms with van der Waals surface area (Å²) in [4.78, 5) is 0. The van der Waals surface area contributed by atoms with Crippen LogP contribution in [-0.4, -0.2) is 38.2 Å². The lowest BCUT2D eigenvalue weighted by atomic mass is 9.98.